The van der Waals surface area contributed by atoms with E-state index in [-0.39, 0.29) is 6.04 Å². The molecular formula is C12H17N3S2. The Bertz CT molecular complexity index is 450. The van der Waals surface area contributed by atoms with Crippen molar-refractivity contribution in [2.75, 3.05) is 0 Å². The highest BCUT2D eigenvalue weighted by molar-refractivity contribution is 7.11. The van der Waals surface area contributed by atoms with E-state index < -0.39 is 0 Å². The molecule has 92 valence electrons. The highest BCUT2D eigenvalue weighted by Gasteiger charge is 2.14. The van der Waals surface area contributed by atoms with Gasteiger partial charge in [0.15, 0.2) is 0 Å². The Labute approximate surface area is 110 Å². The summed E-state index contributed by atoms with van der Waals surface area (Å²) < 4.78 is 0. The average molecular weight is 267 g/mol. The van der Waals surface area contributed by atoms with Crippen LogP contribution in [0.25, 0.3) is 0 Å². The van der Waals surface area contributed by atoms with Crippen LogP contribution in [0.3, 0.4) is 0 Å². The lowest BCUT2D eigenvalue weighted by molar-refractivity contribution is 0.498. The van der Waals surface area contributed by atoms with Gasteiger partial charge >= 0.3 is 0 Å². The molecule has 0 saturated heterocycles. The summed E-state index contributed by atoms with van der Waals surface area (Å²) in [6.07, 6.45) is 4.97. The summed E-state index contributed by atoms with van der Waals surface area (Å²) in [6, 6.07) is 0.615. The van der Waals surface area contributed by atoms with Crippen molar-refractivity contribution in [3.63, 3.8) is 0 Å². The first-order valence-electron chi connectivity index (χ1n) is 5.79. The maximum atomic E-state index is 4.47. The van der Waals surface area contributed by atoms with Crippen molar-refractivity contribution < 1.29 is 0 Å². The van der Waals surface area contributed by atoms with E-state index in [2.05, 4.69) is 36.1 Å². The highest BCUT2D eigenvalue weighted by atomic mass is 32.1. The summed E-state index contributed by atoms with van der Waals surface area (Å²) in [5.74, 6) is 0. The van der Waals surface area contributed by atoms with Gasteiger partial charge in [0.1, 0.15) is 5.01 Å². The Hall–Kier alpha value is -0.780. The van der Waals surface area contributed by atoms with Gasteiger partial charge in [-0.2, -0.15) is 0 Å². The molecule has 0 aliphatic heterocycles. The number of hydrogen-bond donors (Lipinski definition) is 1. The van der Waals surface area contributed by atoms with E-state index in [9.17, 15) is 0 Å². The van der Waals surface area contributed by atoms with Crippen molar-refractivity contribution in [3.8, 4) is 0 Å². The van der Waals surface area contributed by atoms with E-state index in [0.29, 0.717) is 6.04 Å². The van der Waals surface area contributed by atoms with Gasteiger partial charge in [0, 0.05) is 28.2 Å². The molecule has 0 aliphatic carbocycles. The lowest BCUT2D eigenvalue weighted by Gasteiger charge is -2.16. The topological polar surface area (TPSA) is 37.8 Å². The third kappa shape index (κ3) is 3.12. The minimum atomic E-state index is 0.289. The molecular weight excluding hydrogens is 250 g/mol. The van der Waals surface area contributed by atoms with Crippen molar-refractivity contribution in [1.29, 1.82) is 0 Å². The van der Waals surface area contributed by atoms with Crippen LogP contribution in [0, 0.1) is 0 Å². The van der Waals surface area contributed by atoms with Crippen LogP contribution >= 0.6 is 22.7 Å². The number of aryl methyl sites for hydroxylation is 1. The van der Waals surface area contributed by atoms with Gasteiger partial charge < -0.3 is 5.32 Å². The van der Waals surface area contributed by atoms with Crippen molar-refractivity contribution >= 4 is 22.7 Å². The third-order valence-corrected chi connectivity index (χ3v) is 4.95. The SMILES string of the molecule is CCc1cnc(C(C)NC(C)c2cncs2)s1. The molecule has 0 fully saturated rings. The minimum Gasteiger partial charge on any atom is -0.301 e. The van der Waals surface area contributed by atoms with Gasteiger partial charge in [-0.1, -0.05) is 6.92 Å². The fraction of sp³-hybridized carbons (Fsp3) is 0.500. The van der Waals surface area contributed by atoms with Crippen molar-refractivity contribution in [3.05, 3.63) is 32.7 Å². The smallest absolute Gasteiger partial charge is 0.109 e. The van der Waals surface area contributed by atoms with Gasteiger partial charge in [-0.3, -0.25) is 4.98 Å². The molecule has 0 aliphatic rings. The van der Waals surface area contributed by atoms with E-state index in [0.717, 1.165) is 6.42 Å². The van der Waals surface area contributed by atoms with Crippen LogP contribution in [0.4, 0.5) is 0 Å². The summed E-state index contributed by atoms with van der Waals surface area (Å²) in [5.41, 5.74) is 1.87. The predicted molar refractivity (Wildman–Crippen MR) is 73.6 cm³/mol. The zero-order valence-corrected chi connectivity index (χ0v) is 11.9. The van der Waals surface area contributed by atoms with Crippen LogP contribution in [0.1, 0.15) is 47.6 Å². The molecule has 0 aromatic carbocycles. The summed E-state index contributed by atoms with van der Waals surface area (Å²) in [6.45, 7) is 6.49. The van der Waals surface area contributed by atoms with Crippen LogP contribution in [-0.2, 0) is 6.42 Å². The quantitative estimate of drug-likeness (QED) is 0.900. The van der Waals surface area contributed by atoms with Crippen LogP contribution in [0.2, 0.25) is 0 Å². The molecule has 2 atom stereocenters. The fourth-order valence-electron chi connectivity index (χ4n) is 1.65. The second kappa shape index (κ2) is 5.71. The summed E-state index contributed by atoms with van der Waals surface area (Å²) >= 11 is 3.48. The van der Waals surface area contributed by atoms with E-state index in [1.165, 1.54) is 14.8 Å². The van der Waals surface area contributed by atoms with Gasteiger partial charge in [0.05, 0.1) is 11.6 Å². The Morgan fingerprint density at radius 2 is 2.12 bits per heavy atom. The van der Waals surface area contributed by atoms with E-state index in [1.807, 2.05) is 17.9 Å². The molecule has 0 saturated carbocycles. The second-order valence-electron chi connectivity index (χ2n) is 4.03. The molecule has 0 spiro atoms. The van der Waals surface area contributed by atoms with E-state index in [4.69, 9.17) is 0 Å². The molecule has 0 bridgehead atoms. The lowest BCUT2D eigenvalue weighted by atomic mass is 10.2. The van der Waals surface area contributed by atoms with Gasteiger partial charge in [-0.05, 0) is 20.3 Å². The Balaban J connectivity index is 1.99. The molecule has 5 heteroatoms. The van der Waals surface area contributed by atoms with Gasteiger partial charge in [-0.25, -0.2) is 4.98 Å². The molecule has 0 amide bonds. The normalized spacial score (nSPS) is 14.8. The number of hydrogen-bond acceptors (Lipinski definition) is 5. The minimum absolute atomic E-state index is 0.289. The molecule has 2 aromatic heterocycles. The first-order valence-corrected chi connectivity index (χ1v) is 7.49. The second-order valence-corrected chi connectivity index (χ2v) is 6.10. The number of nitrogens with one attached hydrogen (secondary N) is 1. The van der Waals surface area contributed by atoms with Gasteiger partial charge in [0.2, 0.25) is 0 Å². The average Bonchev–Trinajstić information content (AvgIpc) is 3.00. The zero-order valence-electron chi connectivity index (χ0n) is 10.3. The Kier molecular flexibility index (Phi) is 4.25. The predicted octanol–water partition coefficient (Wildman–Crippen LogP) is 3.57. The third-order valence-electron chi connectivity index (χ3n) is 2.67. The first kappa shape index (κ1) is 12.7. The summed E-state index contributed by atoms with van der Waals surface area (Å²) in [4.78, 5) is 11.2. The highest BCUT2D eigenvalue weighted by Crippen LogP contribution is 2.24. The fourth-order valence-corrected chi connectivity index (χ4v) is 3.16. The standard InChI is InChI=1S/C12H17N3S2/c1-4-10-5-14-12(17-10)9(3)15-8(2)11-6-13-7-16-11/h5-9,15H,4H2,1-3H3. The molecule has 2 unspecified atom stereocenters. The summed E-state index contributed by atoms with van der Waals surface area (Å²) in [7, 11) is 0. The maximum Gasteiger partial charge on any atom is 0.109 e. The summed E-state index contributed by atoms with van der Waals surface area (Å²) in [5, 5.41) is 4.72. The van der Waals surface area contributed by atoms with Crippen LogP contribution < -0.4 is 5.32 Å². The van der Waals surface area contributed by atoms with E-state index in [1.54, 1.807) is 22.7 Å². The van der Waals surface area contributed by atoms with Crippen molar-refractivity contribution in [2.45, 2.75) is 39.3 Å². The molecule has 17 heavy (non-hydrogen) atoms. The van der Waals surface area contributed by atoms with E-state index >= 15 is 0 Å². The Morgan fingerprint density at radius 3 is 2.71 bits per heavy atom. The van der Waals surface area contributed by atoms with Crippen LogP contribution in [0.15, 0.2) is 17.9 Å². The first-order chi connectivity index (χ1) is 8.20. The molecule has 0 radical (unpaired) electrons. The maximum absolute atomic E-state index is 4.47. The largest absolute Gasteiger partial charge is 0.301 e. The van der Waals surface area contributed by atoms with Gasteiger partial charge in [-0.15, -0.1) is 22.7 Å². The van der Waals surface area contributed by atoms with Crippen molar-refractivity contribution in [2.24, 2.45) is 0 Å². The zero-order chi connectivity index (χ0) is 12.3. The molecule has 3 nitrogen and oxygen atoms in total. The van der Waals surface area contributed by atoms with Crippen molar-refractivity contribution in [1.82, 2.24) is 15.3 Å². The van der Waals surface area contributed by atoms with Gasteiger partial charge in [0.25, 0.3) is 0 Å². The van der Waals surface area contributed by atoms with Crippen LogP contribution in [0.5, 0.6) is 0 Å². The monoisotopic (exact) mass is 267 g/mol. The number of thiazole rings is 2. The molecule has 2 aromatic rings. The number of nitrogens with zero attached hydrogens (tertiary/aromatic N) is 2. The number of rotatable bonds is 5. The molecule has 2 heterocycles. The Morgan fingerprint density at radius 1 is 1.29 bits per heavy atom. The number of aromatic nitrogens is 2. The lowest BCUT2D eigenvalue weighted by Crippen LogP contribution is -2.21. The molecule has 1 N–H and O–H groups in total. The van der Waals surface area contributed by atoms with Crippen LogP contribution in [-0.4, -0.2) is 9.97 Å². The molecule has 2 rings (SSSR count).